The fraction of sp³-hybridized carbons (Fsp3) is 0.214. The third kappa shape index (κ3) is 2.40. The van der Waals surface area contributed by atoms with E-state index in [1.54, 1.807) is 31.3 Å². The first-order valence-corrected chi connectivity index (χ1v) is 6.12. The molecule has 1 heterocycles. The number of esters is 1. The van der Waals surface area contributed by atoms with E-state index in [-0.39, 0.29) is 12.2 Å². The van der Waals surface area contributed by atoms with Crippen LogP contribution in [0, 0.1) is 10.1 Å². The highest BCUT2D eigenvalue weighted by atomic mass is 16.6. The molecule has 20 heavy (non-hydrogen) atoms. The topological polar surface area (TPSA) is 72.7 Å². The van der Waals surface area contributed by atoms with Gasteiger partial charge in [-0.3, -0.25) is 10.1 Å². The number of allylic oxidation sites excluding steroid dienone is 2. The third-order valence-corrected chi connectivity index (χ3v) is 2.95. The van der Waals surface area contributed by atoms with E-state index in [0.717, 1.165) is 5.69 Å². The second kappa shape index (κ2) is 5.56. The Balaban J connectivity index is 2.64. The molecule has 1 aliphatic heterocycles. The smallest absolute Gasteiger partial charge is 0.410 e. The van der Waals surface area contributed by atoms with Gasteiger partial charge in [0.15, 0.2) is 0 Å². The number of rotatable bonds is 3. The van der Waals surface area contributed by atoms with Crippen molar-refractivity contribution in [3.8, 4) is 0 Å². The van der Waals surface area contributed by atoms with Gasteiger partial charge in [-0.15, -0.1) is 0 Å². The molecule has 0 aromatic heterocycles. The number of anilines is 1. The van der Waals surface area contributed by atoms with Crippen molar-refractivity contribution in [3.05, 3.63) is 57.9 Å². The number of ether oxygens (including phenoxy) is 1. The van der Waals surface area contributed by atoms with Gasteiger partial charge in [-0.1, -0.05) is 18.2 Å². The van der Waals surface area contributed by atoms with Crippen molar-refractivity contribution < 1.29 is 14.5 Å². The SMILES string of the molecule is CCOC(=O)/C(=C1\C=CN(C)c2ccccc21)[N+](=O)[O-]. The highest BCUT2D eigenvalue weighted by Crippen LogP contribution is 2.34. The van der Waals surface area contributed by atoms with Crippen LogP contribution in [0.4, 0.5) is 5.69 Å². The van der Waals surface area contributed by atoms with E-state index >= 15 is 0 Å². The Morgan fingerprint density at radius 3 is 2.75 bits per heavy atom. The lowest BCUT2D eigenvalue weighted by Gasteiger charge is -2.23. The Morgan fingerprint density at radius 2 is 2.10 bits per heavy atom. The van der Waals surface area contributed by atoms with Crippen molar-refractivity contribution in [1.29, 1.82) is 0 Å². The average molecular weight is 274 g/mol. The number of fused-ring (bicyclic) bond motifs is 1. The molecule has 6 heteroatoms. The van der Waals surface area contributed by atoms with E-state index in [4.69, 9.17) is 4.74 Å². The van der Waals surface area contributed by atoms with E-state index in [1.807, 2.05) is 24.1 Å². The summed E-state index contributed by atoms with van der Waals surface area (Å²) in [5.74, 6) is -0.920. The fourth-order valence-corrected chi connectivity index (χ4v) is 2.05. The molecule has 0 unspecified atom stereocenters. The second-order valence-electron chi connectivity index (χ2n) is 4.18. The van der Waals surface area contributed by atoms with Gasteiger partial charge in [-0.25, -0.2) is 4.79 Å². The van der Waals surface area contributed by atoms with Gasteiger partial charge in [0.1, 0.15) is 0 Å². The van der Waals surface area contributed by atoms with Crippen molar-refractivity contribution in [2.75, 3.05) is 18.6 Å². The van der Waals surface area contributed by atoms with Gasteiger partial charge >= 0.3 is 11.7 Å². The standard InChI is InChI=1S/C14H14N2O4/c1-3-20-14(17)13(16(18)19)11-8-9-15(2)12-7-5-4-6-10(11)12/h4-9H,3H2,1-2H3/b13-11-. The second-order valence-corrected chi connectivity index (χ2v) is 4.18. The zero-order valence-electron chi connectivity index (χ0n) is 11.2. The molecule has 1 aromatic carbocycles. The van der Waals surface area contributed by atoms with Crippen LogP contribution in [0.5, 0.6) is 0 Å². The maximum Gasteiger partial charge on any atom is 0.410 e. The minimum absolute atomic E-state index is 0.0920. The molecule has 0 atom stereocenters. The predicted octanol–water partition coefficient (Wildman–Crippen LogP) is 2.20. The first kappa shape index (κ1) is 13.8. The van der Waals surface area contributed by atoms with Gasteiger partial charge in [0.05, 0.1) is 17.1 Å². The molecule has 0 radical (unpaired) electrons. The van der Waals surface area contributed by atoms with E-state index in [1.165, 1.54) is 0 Å². The minimum atomic E-state index is -0.920. The summed E-state index contributed by atoms with van der Waals surface area (Å²) >= 11 is 0. The molecule has 0 saturated heterocycles. The highest BCUT2D eigenvalue weighted by Gasteiger charge is 2.31. The lowest BCUT2D eigenvalue weighted by atomic mass is 9.98. The van der Waals surface area contributed by atoms with Gasteiger partial charge in [0.25, 0.3) is 0 Å². The number of carbonyl (C=O) groups is 1. The Labute approximate surface area is 116 Å². The van der Waals surface area contributed by atoms with E-state index in [0.29, 0.717) is 5.56 Å². The van der Waals surface area contributed by atoms with Crippen LogP contribution in [0.15, 0.2) is 42.2 Å². The quantitative estimate of drug-likeness (QED) is 0.365. The first-order chi connectivity index (χ1) is 9.56. The summed E-state index contributed by atoms with van der Waals surface area (Å²) in [6, 6.07) is 7.19. The van der Waals surface area contributed by atoms with Crippen molar-refractivity contribution in [3.63, 3.8) is 0 Å². The van der Waals surface area contributed by atoms with Gasteiger partial charge in [-0.05, 0) is 19.1 Å². The highest BCUT2D eigenvalue weighted by molar-refractivity contribution is 6.00. The van der Waals surface area contributed by atoms with Crippen LogP contribution >= 0.6 is 0 Å². The molecule has 0 N–H and O–H groups in total. The zero-order valence-corrected chi connectivity index (χ0v) is 11.2. The largest absolute Gasteiger partial charge is 0.458 e. The predicted molar refractivity (Wildman–Crippen MR) is 74.5 cm³/mol. The number of hydrogen-bond acceptors (Lipinski definition) is 5. The molecule has 104 valence electrons. The fourth-order valence-electron chi connectivity index (χ4n) is 2.05. The van der Waals surface area contributed by atoms with Crippen molar-refractivity contribution >= 4 is 17.2 Å². The average Bonchev–Trinajstić information content (AvgIpc) is 2.42. The molecular weight excluding hydrogens is 260 g/mol. The normalized spacial score (nSPS) is 15.6. The Morgan fingerprint density at radius 1 is 1.40 bits per heavy atom. The molecule has 2 rings (SSSR count). The molecule has 1 aromatic rings. The number of carbonyl (C=O) groups excluding carboxylic acids is 1. The molecule has 0 spiro atoms. The van der Waals surface area contributed by atoms with Gasteiger partial charge in [0, 0.05) is 24.5 Å². The third-order valence-electron chi connectivity index (χ3n) is 2.95. The monoisotopic (exact) mass is 274 g/mol. The number of nitrogens with zero attached hydrogens (tertiary/aromatic N) is 2. The molecule has 0 amide bonds. The molecule has 0 aliphatic carbocycles. The summed E-state index contributed by atoms with van der Waals surface area (Å²) in [7, 11) is 1.84. The zero-order chi connectivity index (χ0) is 14.7. The molecule has 0 saturated carbocycles. The van der Waals surface area contributed by atoms with Crippen molar-refractivity contribution in [2.24, 2.45) is 0 Å². The number of hydrogen-bond donors (Lipinski definition) is 0. The minimum Gasteiger partial charge on any atom is -0.458 e. The van der Waals surface area contributed by atoms with Crippen LogP contribution in [-0.4, -0.2) is 24.5 Å². The molecule has 0 bridgehead atoms. The number of benzene rings is 1. The van der Waals surface area contributed by atoms with Gasteiger partial charge < -0.3 is 9.64 Å². The molecule has 6 nitrogen and oxygen atoms in total. The Kier molecular flexibility index (Phi) is 3.84. The summed E-state index contributed by atoms with van der Waals surface area (Å²) in [6.07, 6.45) is 3.23. The maximum atomic E-state index is 11.8. The summed E-state index contributed by atoms with van der Waals surface area (Å²) < 4.78 is 4.77. The number of para-hydroxylation sites is 1. The van der Waals surface area contributed by atoms with Gasteiger partial charge in [0.2, 0.25) is 0 Å². The lowest BCUT2D eigenvalue weighted by Crippen LogP contribution is -2.20. The van der Waals surface area contributed by atoms with E-state index in [2.05, 4.69) is 0 Å². The van der Waals surface area contributed by atoms with Crippen LogP contribution in [0.1, 0.15) is 12.5 Å². The lowest BCUT2D eigenvalue weighted by molar-refractivity contribution is -0.420. The van der Waals surface area contributed by atoms with Crippen LogP contribution < -0.4 is 4.90 Å². The summed E-state index contributed by atoms with van der Waals surface area (Å²) in [4.78, 5) is 24.2. The Hall–Kier alpha value is -2.63. The summed E-state index contributed by atoms with van der Waals surface area (Å²) in [6.45, 7) is 1.70. The van der Waals surface area contributed by atoms with E-state index in [9.17, 15) is 14.9 Å². The molecular formula is C14H14N2O4. The molecule has 0 fully saturated rings. The van der Waals surface area contributed by atoms with Crippen LogP contribution in [0.3, 0.4) is 0 Å². The van der Waals surface area contributed by atoms with E-state index < -0.39 is 16.6 Å². The van der Waals surface area contributed by atoms with Crippen LogP contribution in [0.25, 0.3) is 5.57 Å². The summed E-state index contributed by atoms with van der Waals surface area (Å²) in [5, 5.41) is 11.2. The van der Waals surface area contributed by atoms with Crippen molar-refractivity contribution in [2.45, 2.75) is 6.92 Å². The summed E-state index contributed by atoms with van der Waals surface area (Å²) in [5.41, 5.74) is 1.16. The Bertz CT molecular complexity index is 619. The number of nitro groups is 1. The van der Waals surface area contributed by atoms with Crippen molar-refractivity contribution in [1.82, 2.24) is 0 Å². The van der Waals surface area contributed by atoms with Crippen LogP contribution in [0.2, 0.25) is 0 Å². The van der Waals surface area contributed by atoms with Crippen LogP contribution in [-0.2, 0) is 9.53 Å². The first-order valence-electron chi connectivity index (χ1n) is 6.12. The maximum absolute atomic E-state index is 11.8. The molecule has 1 aliphatic rings. The van der Waals surface area contributed by atoms with Gasteiger partial charge in [-0.2, -0.15) is 0 Å².